The van der Waals surface area contributed by atoms with Crippen LogP contribution < -0.4 is 15.4 Å². The van der Waals surface area contributed by atoms with Crippen LogP contribution in [0.5, 0.6) is 5.75 Å². The Balaban J connectivity index is 1.53. The average Bonchev–Trinajstić information content (AvgIpc) is 3.24. The van der Waals surface area contributed by atoms with Crippen molar-refractivity contribution in [1.29, 1.82) is 0 Å². The molecule has 32 heavy (non-hydrogen) atoms. The summed E-state index contributed by atoms with van der Waals surface area (Å²) in [6, 6.07) is 10.4. The third-order valence-electron chi connectivity index (χ3n) is 4.52. The van der Waals surface area contributed by atoms with E-state index in [1.54, 1.807) is 41.7 Å². The van der Waals surface area contributed by atoms with Crippen molar-refractivity contribution in [2.75, 3.05) is 37.4 Å². The van der Waals surface area contributed by atoms with E-state index in [1.165, 1.54) is 17.4 Å². The summed E-state index contributed by atoms with van der Waals surface area (Å²) in [5.74, 6) is -1.81. The number of thiazole rings is 1. The van der Waals surface area contributed by atoms with Crippen LogP contribution in [0.4, 0.5) is 19.6 Å². The Morgan fingerprint density at radius 1 is 1.03 bits per heavy atom. The van der Waals surface area contributed by atoms with Gasteiger partial charge in [-0.1, -0.05) is 6.92 Å². The molecular formula is C22H22F2N4O3S. The number of benzene rings is 2. The number of amides is 2. The minimum absolute atomic E-state index is 0.00732. The lowest BCUT2D eigenvalue weighted by atomic mass is 10.2. The molecule has 0 saturated carbocycles. The standard InChI is InChI=1S/C22H22F2N4O3S/c1-3-28(11-20(29)25-15-5-7-16(31-2)8-6-15)12-21(30)27-22-26-19(13-32-22)14-4-9-17(23)18(24)10-14/h4-10,13H,3,11-12H2,1-2H3,(H,25,29)(H,26,27,30). The normalized spacial score (nSPS) is 10.8. The molecule has 1 heterocycles. The summed E-state index contributed by atoms with van der Waals surface area (Å²) in [6.07, 6.45) is 0. The predicted molar refractivity (Wildman–Crippen MR) is 120 cm³/mol. The van der Waals surface area contributed by atoms with E-state index >= 15 is 0 Å². The lowest BCUT2D eigenvalue weighted by Gasteiger charge is -2.19. The van der Waals surface area contributed by atoms with E-state index in [0.29, 0.717) is 34.4 Å². The first kappa shape index (κ1) is 23.3. The van der Waals surface area contributed by atoms with Gasteiger partial charge in [-0.05, 0) is 49.0 Å². The molecule has 0 spiro atoms. The maximum Gasteiger partial charge on any atom is 0.240 e. The number of aromatic nitrogens is 1. The molecule has 0 bridgehead atoms. The summed E-state index contributed by atoms with van der Waals surface area (Å²) in [6.45, 7) is 2.36. The minimum Gasteiger partial charge on any atom is -0.497 e. The van der Waals surface area contributed by atoms with Gasteiger partial charge < -0.3 is 15.4 Å². The highest BCUT2D eigenvalue weighted by molar-refractivity contribution is 7.14. The second-order valence-corrected chi connectivity index (χ2v) is 7.65. The first-order valence-corrected chi connectivity index (χ1v) is 10.6. The van der Waals surface area contributed by atoms with Gasteiger partial charge >= 0.3 is 0 Å². The number of rotatable bonds is 9. The van der Waals surface area contributed by atoms with Crippen LogP contribution in [0.2, 0.25) is 0 Å². The second-order valence-electron chi connectivity index (χ2n) is 6.79. The van der Waals surface area contributed by atoms with E-state index in [-0.39, 0.29) is 24.9 Å². The zero-order valence-electron chi connectivity index (χ0n) is 17.5. The van der Waals surface area contributed by atoms with Crippen LogP contribution in [0.1, 0.15) is 6.92 Å². The van der Waals surface area contributed by atoms with Crippen molar-refractivity contribution in [1.82, 2.24) is 9.88 Å². The van der Waals surface area contributed by atoms with E-state index in [2.05, 4.69) is 15.6 Å². The van der Waals surface area contributed by atoms with Gasteiger partial charge in [-0.2, -0.15) is 0 Å². The number of ether oxygens (including phenoxy) is 1. The molecule has 0 aliphatic carbocycles. The summed E-state index contributed by atoms with van der Waals surface area (Å²) in [5.41, 5.74) is 1.46. The van der Waals surface area contributed by atoms with E-state index in [9.17, 15) is 18.4 Å². The molecule has 0 atom stereocenters. The molecule has 2 aromatic carbocycles. The topological polar surface area (TPSA) is 83.6 Å². The average molecular weight is 461 g/mol. The zero-order chi connectivity index (χ0) is 23.1. The van der Waals surface area contributed by atoms with E-state index < -0.39 is 11.6 Å². The molecule has 0 fully saturated rings. The number of hydrogen-bond acceptors (Lipinski definition) is 6. The van der Waals surface area contributed by atoms with Crippen molar-refractivity contribution in [2.24, 2.45) is 0 Å². The molecule has 7 nitrogen and oxygen atoms in total. The van der Waals surface area contributed by atoms with Gasteiger partial charge in [0.25, 0.3) is 0 Å². The van der Waals surface area contributed by atoms with Crippen molar-refractivity contribution in [2.45, 2.75) is 6.92 Å². The Bertz CT molecular complexity index is 1090. The van der Waals surface area contributed by atoms with Crippen LogP contribution in [-0.4, -0.2) is 48.4 Å². The molecule has 2 N–H and O–H groups in total. The minimum atomic E-state index is -0.965. The number of likely N-dealkylation sites (N-methyl/N-ethyl adjacent to an activating group) is 1. The van der Waals surface area contributed by atoms with Crippen molar-refractivity contribution in [3.63, 3.8) is 0 Å². The molecule has 3 aromatic rings. The van der Waals surface area contributed by atoms with E-state index in [0.717, 1.165) is 12.1 Å². The summed E-state index contributed by atoms with van der Waals surface area (Å²) in [4.78, 5) is 30.6. The third kappa shape index (κ3) is 6.32. The fourth-order valence-corrected chi connectivity index (χ4v) is 3.57. The largest absolute Gasteiger partial charge is 0.497 e. The number of nitrogens with zero attached hydrogens (tertiary/aromatic N) is 2. The maximum absolute atomic E-state index is 13.4. The lowest BCUT2D eigenvalue weighted by molar-refractivity contribution is -0.119. The highest BCUT2D eigenvalue weighted by atomic mass is 32.1. The Morgan fingerprint density at radius 2 is 1.72 bits per heavy atom. The van der Waals surface area contributed by atoms with E-state index in [1.807, 2.05) is 6.92 Å². The Kier molecular flexibility index (Phi) is 7.85. The molecule has 168 valence electrons. The van der Waals surface area contributed by atoms with Crippen molar-refractivity contribution < 1.29 is 23.1 Å². The molecule has 0 unspecified atom stereocenters. The van der Waals surface area contributed by atoms with Crippen LogP contribution >= 0.6 is 11.3 Å². The van der Waals surface area contributed by atoms with E-state index in [4.69, 9.17) is 4.74 Å². The van der Waals surface area contributed by atoms with Gasteiger partial charge in [-0.3, -0.25) is 14.5 Å². The molecule has 10 heteroatoms. The molecule has 0 radical (unpaired) electrons. The SMILES string of the molecule is CCN(CC(=O)Nc1ccc(OC)cc1)CC(=O)Nc1nc(-c2ccc(F)c(F)c2)cs1. The second kappa shape index (κ2) is 10.8. The molecule has 2 amide bonds. The van der Waals surface area contributed by atoms with Gasteiger partial charge in [0.1, 0.15) is 5.75 Å². The maximum atomic E-state index is 13.4. The number of halogens is 2. The number of carbonyl (C=O) groups is 2. The number of carbonyl (C=O) groups excluding carboxylic acids is 2. The molecule has 0 aliphatic heterocycles. The predicted octanol–water partition coefficient (Wildman–Crippen LogP) is 4.00. The van der Waals surface area contributed by atoms with Gasteiger partial charge in [-0.15, -0.1) is 11.3 Å². The molecule has 0 aliphatic rings. The molecule has 0 saturated heterocycles. The van der Waals surface area contributed by atoms with Gasteiger partial charge in [0.05, 0.1) is 25.9 Å². The number of nitrogens with one attached hydrogen (secondary N) is 2. The van der Waals surface area contributed by atoms with Crippen LogP contribution in [0.15, 0.2) is 47.8 Å². The fourth-order valence-electron chi connectivity index (χ4n) is 2.84. The smallest absolute Gasteiger partial charge is 0.240 e. The van der Waals surface area contributed by atoms with Gasteiger partial charge in [0.15, 0.2) is 16.8 Å². The molecular weight excluding hydrogens is 438 g/mol. The quantitative estimate of drug-likeness (QED) is 0.504. The van der Waals surface area contributed by atoms with Crippen molar-refractivity contribution in [3.8, 4) is 17.0 Å². The summed E-state index contributed by atoms with van der Waals surface area (Å²) >= 11 is 1.17. The Labute approximate surface area is 188 Å². The number of anilines is 2. The molecule has 3 rings (SSSR count). The van der Waals surface area contributed by atoms with Gasteiger partial charge in [0, 0.05) is 16.6 Å². The van der Waals surface area contributed by atoms with Crippen molar-refractivity contribution in [3.05, 3.63) is 59.5 Å². The zero-order valence-corrected chi connectivity index (χ0v) is 18.3. The third-order valence-corrected chi connectivity index (χ3v) is 5.28. The van der Waals surface area contributed by atoms with Crippen LogP contribution in [-0.2, 0) is 9.59 Å². The van der Waals surface area contributed by atoms with Crippen molar-refractivity contribution >= 4 is 34.0 Å². The highest BCUT2D eigenvalue weighted by Gasteiger charge is 2.15. The van der Waals surface area contributed by atoms with Gasteiger partial charge in [-0.25, -0.2) is 13.8 Å². The first-order chi connectivity index (χ1) is 15.4. The lowest BCUT2D eigenvalue weighted by Crippen LogP contribution is -2.38. The van der Waals surface area contributed by atoms with Crippen LogP contribution in [0.3, 0.4) is 0 Å². The highest BCUT2D eigenvalue weighted by Crippen LogP contribution is 2.26. The Hall–Kier alpha value is -3.37. The number of hydrogen-bond donors (Lipinski definition) is 2. The molecule has 1 aromatic heterocycles. The summed E-state index contributed by atoms with van der Waals surface area (Å²) in [5, 5.41) is 7.42. The fraction of sp³-hybridized carbons (Fsp3) is 0.227. The summed E-state index contributed by atoms with van der Waals surface area (Å²) < 4.78 is 31.6. The first-order valence-electron chi connectivity index (χ1n) is 9.75. The number of methoxy groups -OCH3 is 1. The van der Waals surface area contributed by atoms with Gasteiger partial charge in [0.2, 0.25) is 11.8 Å². The van der Waals surface area contributed by atoms with Crippen LogP contribution in [0.25, 0.3) is 11.3 Å². The van der Waals surface area contributed by atoms with Crippen LogP contribution in [0, 0.1) is 11.6 Å². The monoisotopic (exact) mass is 460 g/mol. The summed E-state index contributed by atoms with van der Waals surface area (Å²) in [7, 11) is 1.56. The Morgan fingerprint density at radius 3 is 2.34 bits per heavy atom.